The highest BCUT2D eigenvalue weighted by molar-refractivity contribution is 5.37. The fourth-order valence-corrected chi connectivity index (χ4v) is 2.47. The molecule has 108 valence electrons. The normalized spacial score (nSPS) is 21.6. The van der Waals surface area contributed by atoms with Crippen molar-refractivity contribution in [3.05, 3.63) is 17.5 Å². The molecule has 20 heavy (non-hydrogen) atoms. The average molecular weight is 276 g/mol. The molecule has 6 heteroatoms. The van der Waals surface area contributed by atoms with E-state index in [2.05, 4.69) is 20.9 Å². The van der Waals surface area contributed by atoms with Gasteiger partial charge in [-0.05, 0) is 26.8 Å². The maximum Gasteiger partial charge on any atom is 0.227 e. The van der Waals surface area contributed by atoms with Crippen LogP contribution < -0.4 is 4.90 Å². The zero-order valence-corrected chi connectivity index (χ0v) is 12.4. The predicted molar refractivity (Wildman–Crippen MR) is 74.5 cm³/mol. The van der Waals surface area contributed by atoms with E-state index in [1.165, 1.54) is 0 Å². The minimum Gasteiger partial charge on any atom is -0.382 e. The summed E-state index contributed by atoms with van der Waals surface area (Å²) >= 11 is 0. The van der Waals surface area contributed by atoms with Crippen LogP contribution in [0.4, 0.5) is 5.95 Å². The Morgan fingerprint density at radius 2 is 2.30 bits per heavy atom. The smallest absolute Gasteiger partial charge is 0.227 e. The molecule has 1 aliphatic rings. The molecule has 1 atom stereocenters. The van der Waals surface area contributed by atoms with Gasteiger partial charge >= 0.3 is 0 Å². The van der Waals surface area contributed by atoms with E-state index in [1.807, 2.05) is 20.8 Å². The van der Waals surface area contributed by atoms with E-state index in [0.29, 0.717) is 31.3 Å². The minimum absolute atomic E-state index is 0.0293. The summed E-state index contributed by atoms with van der Waals surface area (Å²) < 4.78 is 11.1. The fraction of sp³-hybridized carbons (Fsp3) is 0.643. The monoisotopic (exact) mass is 276 g/mol. The number of hydrogen-bond donors (Lipinski definition) is 0. The van der Waals surface area contributed by atoms with Gasteiger partial charge in [0, 0.05) is 25.9 Å². The molecule has 0 saturated carbocycles. The summed E-state index contributed by atoms with van der Waals surface area (Å²) in [6, 6.07) is 3.75. The van der Waals surface area contributed by atoms with E-state index >= 15 is 0 Å². The first-order valence-electron chi connectivity index (χ1n) is 6.61. The van der Waals surface area contributed by atoms with Gasteiger partial charge in [0.05, 0.1) is 18.3 Å². The first-order chi connectivity index (χ1) is 9.43. The predicted octanol–water partition coefficient (Wildman–Crippen LogP) is 1.29. The van der Waals surface area contributed by atoms with Gasteiger partial charge in [-0.2, -0.15) is 5.26 Å². The molecular formula is C14H20N4O2. The van der Waals surface area contributed by atoms with Crippen LogP contribution in [-0.2, 0) is 9.47 Å². The third-order valence-electron chi connectivity index (χ3n) is 3.07. The number of nitriles is 1. The number of aryl methyl sites for hydroxylation is 1. The molecule has 0 radical (unpaired) electrons. The van der Waals surface area contributed by atoms with Gasteiger partial charge in [0.1, 0.15) is 11.8 Å². The third kappa shape index (κ3) is 3.44. The largest absolute Gasteiger partial charge is 0.382 e. The zero-order chi connectivity index (χ0) is 14.8. The van der Waals surface area contributed by atoms with Gasteiger partial charge in [-0.3, -0.25) is 0 Å². The molecule has 0 unspecified atom stereocenters. The van der Waals surface area contributed by atoms with Crippen LogP contribution in [0.3, 0.4) is 0 Å². The lowest BCUT2D eigenvalue weighted by atomic mass is 10.1. The van der Waals surface area contributed by atoms with Crippen molar-refractivity contribution >= 4 is 5.95 Å². The van der Waals surface area contributed by atoms with E-state index in [-0.39, 0.29) is 11.7 Å². The summed E-state index contributed by atoms with van der Waals surface area (Å²) in [5.74, 6) is 0.582. The van der Waals surface area contributed by atoms with Crippen molar-refractivity contribution < 1.29 is 9.47 Å². The Morgan fingerprint density at radius 3 is 2.95 bits per heavy atom. The van der Waals surface area contributed by atoms with Crippen molar-refractivity contribution in [1.29, 1.82) is 5.26 Å². The van der Waals surface area contributed by atoms with Crippen LogP contribution in [0.15, 0.2) is 6.07 Å². The lowest BCUT2D eigenvalue weighted by molar-refractivity contribution is -0.106. The summed E-state index contributed by atoms with van der Waals surface area (Å²) in [5.41, 5.74) is 0.876. The first-order valence-corrected chi connectivity index (χ1v) is 6.61. The number of morpholine rings is 1. The van der Waals surface area contributed by atoms with Crippen molar-refractivity contribution in [3.8, 4) is 6.07 Å². The Balaban J connectivity index is 2.27. The summed E-state index contributed by atoms with van der Waals surface area (Å²) in [5, 5.41) is 9.02. The fourth-order valence-electron chi connectivity index (χ4n) is 2.47. The van der Waals surface area contributed by atoms with Gasteiger partial charge in [-0.25, -0.2) is 9.97 Å². The second kappa shape index (κ2) is 5.73. The molecule has 1 saturated heterocycles. The molecule has 6 nitrogen and oxygen atoms in total. The van der Waals surface area contributed by atoms with Crippen molar-refractivity contribution in [1.82, 2.24) is 9.97 Å². The van der Waals surface area contributed by atoms with Gasteiger partial charge in [-0.15, -0.1) is 0 Å². The first kappa shape index (κ1) is 14.7. The average Bonchev–Trinajstić information content (AvgIpc) is 2.36. The van der Waals surface area contributed by atoms with Gasteiger partial charge < -0.3 is 14.4 Å². The Bertz CT molecular complexity index is 524. The molecule has 0 amide bonds. The Hall–Kier alpha value is -1.71. The minimum atomic E-state index is -0.304. The van der Waals surface area contributed by atoms with E-state index < -0.39 is 0 Å². The highest BCUT2D eigenvalue weighted by Crippen LogP contribution is 2.24. The Morgan fingerprint density at radius 1 is 1.55 bits per heavy atom. The quantitative estimate of drug-likeness (QED) is 0.828. The van der Waals surface area contributed by atoms with Crippen LogP contribution in [0.2, 0.25) is 0 Å². The van der Waals surface area contributed by atoms with Crippen LogP contribution >= 0.6 is 0 Å². The summed E-state index contributed by atoms with van der Waals surface area (Å²) in [4.78, 5) is 10.8. The van der Waals surface area contributed by atoms with Crippen LogP contribution in [0.25, 0.3) is 0 Å². The van der Waals surface area contributed by atoms with Crippen molar-refractivity contribution in [2.24, 2.45) is 0 Å². The number of anilines is 1. The molecule has 0 bridgehead atoms. The number of ether oxygens (including phenoxy) is 2. The van der Waals surface area contributed by atoms with Crippen molar-refractivity contribution in [3.63, 3.8) is 0 Å². The molecule has 2 heterocycles. The van der Waals surface area contributed by atoms with Gasteiger partial charge in [-0.1, -0.05) is 0 Å². The molecule has 1 aromatic rings. The van der Waals surface area contributed by atoms with Crippen LogP contribution in [0.1, 0.15) is 25.2 Å². The Labute approximate surface area is 119 Å². The number of rotatable bonds is 3. The molecule has 0 aliphatic carbocycles. The number of aromatic nitrogens is 2. The van der Waals surface area contributed by atoms with E-state index in [1.54, 1.807) is 13.2 Å². The maximum atomic E-state index is 9.02. The lowest BCUT2D eigenvalue weighted by Crippen LogP contribution is -2.54. The van der Waals surface area contributed by atoms with Gasteiger partial charge in [0.2, 0.25) is 5.95 Å². The number of methoxy groups -OCH3 is 1. The highest BCUT2D eigenvalue weighted by Gasteiger charge is 2.34. The number of hydrogen-bond acceptors (Lipinski definition) is 6. The molecule has 0 N–H and O–H groups in total. The molecule has 1 fully saturated rings. The lowest BCUT2D eigenvalue weighted by Gasteiger charge is -2.42. The van der Waals surface area contributed by atoms with E-state index in [4.69, 9.17) is 14.7 Å². The Kier molecular flexibility index (Phi) is 4.21. The topological polar surface area (TPSA) is 71.3 Å². The summed E-state index contributed by atoms with van der Waals surface area (Å²) in [6.45, 7) is 7.79. The van der Waals surface area contributed by atoms with E-state index in [9.17, 15) is 0 Å². The summed E-state index contributed by atoms with van der Waals surface area (Å²) in [6.07, 6.45) is -0.0293. The SMILES string of the molecule is COC[C@@H]1CN(c2nc(C)cc(C#N)n2)CC(C)(C)O1. The standard InChI is InChI=1S/C14H20N4O2/c1-10-5-11(6-15)17-13(16-10)18-7-12(8-19-4)20-14(2,3)9-18/h5,12H,7-9H2,1-4H3/t12-/m0/s1. The van der Waals surface area contributed by atoms with Crippen LogP contribution in [-0.4, -0.2) is 48.5 Å². The van der Waals surface area contributed by atoms with Crippen molar-refractivity contribution in [2.75, 3.05) is 31.7 Å². The van der Waals surface area contributed by atoms with Gasteiger partial charge in [0.25, 0.3) is 0 Å². The molecule has 1 aromatic heterocycles. The van der Waals surface area contributed by atoms with Crippen LogP contribution in [0, 0.1) is 18.3 Å². The summed E-state index contributed by atoms with van der Waals surface area (Å²) in [7, 11) is 1.66. The second-order valence-corrected chi connectivity index (χ2v) is 5.64. The highest BCUT2D eigenvalue weighted by atomic mass is 16.5. The van der Waals surface area contributed by atoms with Crippen molar-refractivity contribution in [2.45, 2.75) is 32.5 Å². The van der Waals surface area contributed by atoms with Crippen LogP contribution in [0.5, 0.6) is 0 Å². The molecule has 2 rings (SSSR count). The number of nitrogens with zero attached hydrogens (tertiary/aromatic N) is 4. The molecular weight excluding hydrogens is 256 g/mol. The molecule has 1 aliphatic heterocycles. The molecule has 0 aromatic carbocycles. The molecule has 0 spiro atoms. The third-order valence-corrected chi connectivity index (χ3v) is 3.07. The zero-order valence-electron chi connectivity index (χ0n) is 12.4. The maximum absolute atomic E-state index is 9.02. The second-order valence-electron chi connectivity index (χ2n) is 5.64. The van der Waals surface area contributed by atoms with E-state index in [0.717, 1.165) is 5.69 Å². The van der Waals surface area contributed by atoms with Gasteiger partial charge in [0.15, 0.2) is 0 Å².